The van der Waals surface area contributed by atoms with E-state index in [4.69, 9.17) is 0 Å². The van der Waals surface area contributed by atoms with E-state index in [1.807, 2.05) is 12.4 Å². The summed E-state index contributed by atoms with van der Waals surface area (Å²) in [6.45, 7) is 4.21. The predicted octanol–water partition coefficient (Wildman–Crippen LogP) is 4.12. The average molecular weight is 415 g/mol. The number of fused-ring (bicyclic) bond motifs is 4. The van der Waals surface area contributed by atoms with E-state index in [1.54, 1.807) is 0 Å². The first-order valence-electron chi connectivity index (χ1n) is 12.2. The zero-order chi connectivity index (χ0) is 21.1. The Morgan fingerprint density at radius 3 is 1.67 bits per heavy atom. The van der Waals surface area contributed by atoms with Crippen LogP contribution in [0.2, 0.25) is 0 Å². The molecule has 6 nitrogen and oxygen atoms in total. The number of hydrogen-bond acceptors (Lipinski definition) is 4. The minimum Gasteiger partial charge on any atom is -0.272 e. The van der Waals surface area contributed by atoms with Crippen molar-refractivity contribution in [2.24, 2.45) is 57.5 Å². The van der Waals surface area contributed by atoms with Gasteiger partial charge >= 0.3 is 0 Å². The lowest BCUT2D eigenvalue weighted by Gasteiger charge is -2.18. The number of nitrogens with zero attached hydrogens (tertiary/aromatic N) is 2. The van der Waals surface area contributed by atoms with Crippen LogP contribution in [0.3, 0.4) is 0 Å². The minimum atomic E-state index is -0.748. The molecular formula is C24H38N4O2. The molecule has 0 heterocycles. The third-order valence-corrected chi connectivity index (χ3v) is 8.13. The molecule has 4 fully saturated rings. The number of rotatable bonds is 9. The van der Waals surface area contributed by atoms with E-state index in [9.17, 15) is 9.59 Å². The van der Waals surface area contributed by atoms with Gasteiger partial charge in [0.1, 0.15) is 5.92 Å². The summed E-state index contributed by atoms with van der Waals surface area (Å²) in [6.07, 6.45) is 15.4. The summed E-state index contributed by atoms with van der Waals surface area (Å²) in [5.41, 5.74) is 5.29. The molecule has 0 aromatic carbocycles. The Balaban J connectivity index is 1.28. The van der Waals surface area contributed by atoms with Crippen molar-refractivity contribution < 1.29 is 9.59 Å². The number of carbonyl (C=O) groups excluding carboxylic acids is 2. The van der Waals surface area contributed by atoms with Crippen molar-refractivity contribution >= 4 is 24.2 Å². The van der Waals surface area contributed by atoms with Gasteiger partial charge in [0.2, 0.25) is 0 Å². The summed E-state index contributed by atoms with van der Waals surface area (Å²) in [4.78, 5) is 25.4. The maximum absolute atomic E-state index is 12.7. The molecule has 0 saturated heterocycles. The van der Waals surface area contributed by atoms with Gasteiger partial charge in [0.25, 0.3) is 11.8 Å². The van der Waals surface area contributed by atoms with Gasteiger partial charge < -0.3 is 0 Å². The first-order chi connectivity index (χ1) is 14.5. The third kappa shape index (κ3) is 5.12. The third-order valence-electron chi connectivity index (χ3n) is 8.13. The van der Waals surface area contributed by atoms with Gasteiger partial charge in [-0.2, -0.15) is 10.2 Å². The molecule has 4 bridgehead atoms. The van der Waals surface area contributed by atoms with Crippen molar-refractivity contribution in [1.29, 1.82) is 0 Å². The Morgan fingerprint density at radius 2 is 1.30 bits per heavy atom. The number of hydrazone groups is 2. The molecule has 4 aliphatic rings. The molecule has 0 aromatic heterocycles. The highest BCUT2D eigenvalue weighted by molar-refractivity contribution is 6.00. The molecule has 1 unspecified atom stereocenters. The summed E-state index contributed by atoms with van der Waals surface area (Å²) in [6, 6.07) is 0. The normalized spacial score (nSPS) is 35.7. The molecule has 4 aliphatic carbocycles. The number of hydrogen-bond donors (Lipinski definition) is 2. The second-order valence-electron chi connectivity index (χ2n) is 10.7. The van der Waals surface area contributed by atoms with Crippen molar-refractivity contribution in [2.45, 2.75) is 78.1 Å². The molecule has 166 valence electrons. The molecule has 30 heavy (non-hydrogen) atoms. The van der Waals surface area contributed by atoms with Crippen molar-refractivity contribution in [2.75, 3.05) is 0 Å². The number of amides is 2. The van der Waals surface area contributed by atoms with E-state index in [0.717, 1.165) is 30.1 Å². The first-order valence-corrected chi connectivity index (χ1v) is 12.2. The van der Waals surface area contributed by atoms with Crippen LogP contribution in [0.5, 0.6) is 0 Å². The Hall–Kier alpha value is -1.72. The van der Waals surface area contributed by atoms with E-state index in [-0.39, 0.29) is 11.8 Å². The van der Waals surface area contributed by atoms with E-state index in [2.05, 4.69) is 34.9 Å². The molecule has 4 rings (SSSR count). The van der Waals surface area contributed by atoms with E-state index in [0.29, 0.717) is 24.2 Å². The van der Waals surface area contributed by atoms with Gasteiger partial charge in [-0.25, -0.2) is 10.9 Å². The van der Waals surface area contributed by atoms with Crippen LogP contribution in [0.4, 0.5) is 0 Å². The zero-order valence-corrected chi connectivity index (χ0v) is 18.6. The van der Waals surface area contributed by atoms with Crippen LogP contribution in [-0.2, 0) is 9.59 Å². The Bertz CT molecular complexity index is 637. The summed E-state index contributed by atoms with van der Waals surface area (Å²) in [5, 5.41) is 8.46. The van der Waals surface area contributed by atoms with Crippen molar-refractivity contribution in [3.05, 3.63) is 0 Å². The second kappa shape index (κ2) is 9.61. The van der Waals surface area contributed by atoms with E-state index < -0.39 is 5.92 Å². The van der Waals surface area contributed by atoms with Crippen LogP contribution in [-0.4, -0.2) is 24.2 Å². The van der Waals surface area contributed by atoms with Crippen LogP contribution < -0.4 is 10.9 Å². The second-order valence-corrected chi connectivity index (χ2v) is 10.7. The highest BCUT2D eigenvalue weighted by atomic mass is 16.2. The molecule has 4 saturated carbocycles. The van der Waals surface area contributed by atoms with E-state index in [1.165, 1.54) is 51.4 Å². The van der Waals surface area contributed by atoms with Crippen LogP contribution in [0.1, 0.15) is 78.1 Å². The van der Waals surface area contributed by atoms with Crippen molar-refractivity contribution in [3.8, 4) is 0 Å². The molecule has 0 aromatic rings. The fourth-order valence-electron chi connectivity index (χ4n) is 6.38. The fraction of sp³-hybridized carbons (Fsp3) is 0.833. The summed E-state index contributed by atoms with van der Waals surface area (Å²) in [7, 11) is 0. The van der Waals surface area contributed by atoms with Crippen molar-refractivity contribution in [3.63, 3.8) is 0 Å². The lowest BCUT2D eigenvalue weighted by atomic mass is 9.90. The maximum Gasteiger partial charge on any atom is 0.252 e. The summed E-state index contributed by atoms with van der Waals surface area (Å²) < 4.78 is 0. The largest absolute Gasteiger partial charge is 0.272 e. The topological polar surface area (TPSA) is 82.9 Å². The molecule has 2 amide bonds. The molecule has 0 spiro atoms. The molecule has 2 N–H and O–H groups in total. The number of nitrogens with one attached hydrogen (secondary N) is 2. The monoisotopic (exact) mass is 414 g/mol. The molecule has 0 radical (unpaired) electrons. The smallest absolute Gasteiger partial charge is 0.252 e. The highest BCUT2D eigenvalue weighted by Gasteiger charge is 2.39. The van der Waals surface area contributed by atoms with Crippen LogP contribution in [0, 0.1) is 47.3 Å². The van der Waals surface area contributed by atoms with Gasteiger partial charge in [0, 0.05) is 12.4 Å². The highest BCUT2D eigenvalue weighted by Crippen LogP contribution is 2.48. The lowest BCUT2D eigenvalue weighted by molar-refractivity contribution is -0.135. The number of carbonyl (C=O) groups is 2. The molecule has 7 atom stereocenters. The maximum atomic E-state index is 12.7. The van der Waals surface area contributed by atoms with Crippen LogP contribution in [0.25, 0.3) is 0 Å². The SMILES string of the molecule is CC(C)CCC(C(=O)N/N=C\[C@H]1C[C@H]2CC[C@@H]1C2)C(=O)N/N=C\[C@H]1C[C@H]2CC[C@H]1C2. The molecular weight excluding hydrogens is 376 g/mol. The zero-order valence-electron chi connectivity index (χ0n) is 18.6. The van der Waals surface area contributed by atoms with Gasteiger partial charge in [-0.05, 0) is 92.8 Å². The lowest BCUT2D eigenvalue weighted by Crippen LogP contribution is -2.38. The average Bonchev–Trinajstić information content (AvgIpc) is 3.49. The minimum absolute atomic E-state index is 0.317. The van der Waals surface area contributed by atoms with Crippen molar-refractivity contribution in [1.82, 2.24) is 10.9 Å². The summed E-state index contributed by atoms with van der Waals surface area (Å²) >= 11 is 0. The summed E-state index contributed by atoms with van der Waals surface area (Å²) in [5.74, 6) is 3.18. The predicted molar refractivity (Wildman–Crippen MR) is 119 cm³/mol. The molecule has 6 heteroatoms. The standard InChI is InChI=1S/C24H38N4O2/c1-15(2)3-8-22(23(29)27-25-13-20-11-16-4-6-18(20)9-16)24(30)28-26-14-21-12-17-5-7-19(21)10-17/h13-22H,3-12H2,1-2H3,(H,27,29)(H,28,30)/b25-13-,26-14-/t16-,17-,18-,19+,20+,21+,22?/m0/s1. The van der Waals surface area contributed by atoms with Crippen LogP contribution in [0.15, 0.2) is 10.2 Å². The Kier molecular flexibility index (Phi) is 6.89. The van der Waals surface area contributed by atoms with Gasteiger partial charge in [0.15, 0.2) is 0 Å². The van der Waals surface area contributed by atoms with Crippen LogP contribution >= 0.6 is 0 Å². The fourth-order valence-corrected chi connectivity index (χ4v) is 6.38. The van der Waals surface area contributed by atoms with Gasteiger partial charge in [0.05, 0.1) is 0 Å². The Morgan fingerprint density at radius 1 is 0.800 bits per heavy atom. The van der Waals surface area contributed by atoms with Gasteiger partial charge in [-0.15, -0.1) is 0 Å². The van der Waals surface area contributed by atoms with Gasteiger partial charge in [-0.1, -0.05) is 26.7 Å². The van der Waals surface area contributed by atoms with Gasteiger partial charge in [-0.3, -0.25) is 9.59 Å². The quantitative estimate of drug-likeness (QED) is 0.338. The first kappa shape index (κ1) is 21.5. The Labute approximate surface area is 180 Å². The molecule has 0 aliphatic heterocycles. The van der Waals surface area contributed by atoms with E-state index >= 15 is 0 Å².